The Morgan fingerprint density at radius 1 is 1.38 bits per heavy atom. The molecule has 1 rings (SSSR count). The number of hydrogen-bond donors (Lipinski definition) is 1. The summed E-state index contributed by atoms with van der Waals surface area (Å²) >= 11 is 0. The van der Waals surface area contributed by atoms with Gasteiger partial charge >= 0.3 is 5.97 Å². The van der Waals surface area contributed by atoms with E-state index in [1.165, 1.54) is 0 Å². The van der Waals surface area contributed by atoms with Crippen molar-refractivity contribution in [3.63, 3.8) is 0 Å². The van der Waals surface area contributed by atoms with Crippen molar-refractivity contribution in [2.45, 2.75) is 19.4 Å². The molecule has 5 nitrogen and oxygen atoms in total. The van der Waals surface area contributed by atoms with Crippen molar-refractivity contribution in [3.8, 4) is 0 Å². The van der Waals surface area contributed by atoms with E-state index < -0.39 is 5.97 Å². The van der Waals surface area contributed by atoms with Crippen molar-refractivity contribution < 1.29 is 14.7 Å². The topological polar surface area (TPSA) is 60.9 Å². The van der Waals surface area contributed by atoms with E-state index in [4.69, 9.17) is 5.11 Å². The summed E-state index contributed by atoms with van der Waals surface area (Å²) in [5.41, 5.74) is 0. The van der Waals surface area contributed by atoms with Crippen molar-refractivity contribution in [1.82, 2.24) is 9.80 Å². The molecule has 1 fully saturated rings. The summed E-state index contributed by atoms with van der Waals surface area (Å²) in [5.74, 6) is -1.30. The predicted molar refractivity (Wildman–Crippen MR) is 60.1 cm³/mol. The third-order valence-corrected chi connectivity index (χ3v) is 2.93. The SMILES string of the molecule is CCC1CN(C(=O)C=CC(=O)O)CCN1C. The summed E-state index contributed by atoms with van der Waals surface area (Å²) in [6, 6.07) is 0.371. The fourth-order valence-corrected chi connectivity index (χ4v) is 1.84. The van der Waals surface area contributed by atoms with Crippen LogP contribution in [0.3, 0.4) is 0 Å². The van der Waals surface area contributed by atoms with Crippen LogP contribution >= 0.6 is 0 Å². The first kappa shape index (κ1) is 12.7. The second kappa shape index (κ2) is 5.65. The van der Waals surface area contributed by atoms with Crippen molar-refractivity contribution in [2.75, 3.05) is 26.7 Å². The third-order valence-electron chi connectivity index (χ3n) is 2.93. The molecule has 1 unspecified atom stereocenters. The second-order valence-corrected chi connectivity index (χ2v) is 4.00. The molecule has 0 aromatic carbocycles. The molecule has 1 saturated heterocycles. The van der Waals surface area contributed by atoms with Crippen LogP contribution in [0.2, 0.25) is 0 Å². The number of hydrogen-bond acceptors (Lipinski definition) is 3. The molecule has 0 radical (unpaired) electrons. The van der Waals surface area contributed by atoms with Gasteiger partial charge in [0.2, 0.25) is 5.91 Å². The molecule has 0 saturated carbocycles. The van der Waals surface area contributed by atoms with E-state index in [9.17, 15) is 9.59 Å². The van der Waals surface area contributed by atoms with E-state index in [-0.39, 0.29) is 5.91 Å². The molecule has 1 N–H and O–H groups in total. The summed E-state index contributed by atoms with van der Waals surface area (Å²) in [6.07, 6.45) is 3.00. The van der Waals surface area contributed by atoms with Crippen LogP contribution in [0, 0.1) is 0 Å². The molecule has 90 valence electrons. The van der Waals surface area contributed by atoms with Gasteiger partial charge in [-0.25, -0.2) is 4.79 Å². The number of amides is 1. The summed E-state index contributed by atoms with van der Waals surface area (Å²) in [6.45, 7) is 4.26. The number of rotatable bonds is 3. The number of carbonyl (C=O) groups is 2. The summed E-state index contributed by atoms with van der Waals surface area (Å²) < 4.78 is 0. The minimum Gasteiger partial charge on any atom is -0.478 e. The average molecular weight is 226 g/mol. The molecule has 1 aliphatic heterocycles. The lowest BCUT2D eigenvalue weighted by Gasteiger charge is -2.38. The second-order valence-electron chi connectivity index (χ2n) is 4.00. The highest BCUT2D eigenvalue weighted by Crippen LogP contribution is 2.10. The van der Waals surface area contributed by atoms with Gasteiger partial charge in [-0.15, -0.1) is 0 Å². The number of carboxylic acid groups (broad SMARTS) is 1. The molecule has 1 amide bonds. The van der Waals surface area contributed by atoms with E-state index >= 15 is 0 Å². The lowest BCUT2D eigenvalue weighted by atomic mass is 10.1. The predicted octanol–water partition coefficient (Wildman–Crippen LogP) is 0.180. The number of likely N-dealkylation sites (N-methyl/N-ethyl adjacent to an activating group) is 1. The maximum atomic E-state index is 11.6. The van der Waals surface area contributed by atoms with E-state index in [1.54, 1.807) is 4.90 Å². The van der Waals surface area contributed by atoms with Gasteiger partial charge in [-0.1, -0.05) is 6.92 Å². The van der Waals surface area contributed by atoms with Gasteiger partial charge in [0.05, 0.1) is 0 Å². The van der Waals surface area contributed by atoms with Crippen LogP contribution in [0.1, 0.15) is 13.3 Å². The van der Waals surface area contributed by atoms with Gasteiger partial charge in [0.1, 0.15) is 0 Å². The van der Waals surface area contributed by atoms with Gasteiger partial charge in [-0.3, -0.25) is 9.69 Å². The molecule has 0 bridgehead atoms. The van der Waals surface area contributed by atoms with Crippen LogP contribution in [0.25, 0.3) is 0 Å². The Morgan fingerprint density at radius 2 is 2.06 bits per heavy atom. The molecule has 16 heavy (non-hydrogen) atoms. The first-order valence-corrected chi connectivity index (χ1v) is 5.44. The van der Waals surface area contributed by atoms with Crippen molar-refractivity contribution in [3.05, 3.63) is 12.2 Å². The van der Waals surface area contributed by atoms with Crippen LogP contribution in [-0.2, 0) is 9.59 Å². The molecule has 0 aromatic rings. The van der Waals surface area contributed by atoms with Crippen LogP contribution in [0.15, 0.2) is 12.2 Å². The largest absolute Gasteiger partial charge is 0.478 e. The van der Waals surface area contributed by atoms with Gasteiger partial charge in [0.15, 0.2) is 0 Å². The smallest absolute Gasteiger partial charge is 0.328 e. The van der Waals surface area contributed by atoms with Crippen LogP contribution < -0.4 is 0 Å². The maximum absolute atomic E-state index is 11.6. The molecular formula is C11H18N2O3. The van der Waals surface area contributed by atoms with Gasteiger partial charge in [0, 0.05) is 37.8 Å². The minimum absolute atomic E-state index is 0.214. The minimum atomic E-state index is -1.09. The molecule has 5 heteroatoms. The van der Waals surface area contributed by atoms with E-state index in [1.807, 2.05) is 7.05 Å². The highest BCUT2D eigenvalue weighted by atomic mass is 16.4. The fraction of sp³-hybridized carbons (Fsp3) is 0.636. The van der Waals surface area contributed by atoms with E-state index in [2.05, 4.69) is 11.8 Å². The molecular weight excluding hydrogens is 208 g/mol. The molecule has 0 aliphatic carbocycles. The number of nitrogens with zero attached hydrogens (tertiary/aromatic N) is 2. The normalized spacial score (nSPS) is 22.6. The Bertz CT molecular complexity index is 302. The van der Waals surface area contributed by atoms with Crippen molar-refractivity contribution >= 4 is 11.9 Å². The standard InChI is InChI=1S/C11H18N2O3/c1-3-9-8-13(7-6-12(9)2)10(14)4-5-11(15)16/h4-5,9H,3,6-8H2,1-2H3,(H,15,16). The Hall–Kier alpha value is -1.36. The summed E-state index contributed by atoms with van der Waals surface area (Å²) in [5, 5.41) is 8.44. The number of piperazine rings is 1. The Kier molecular flexibility index (Phi) is 4.49. The van der Waals surface area contributed by atoms with Gasteiger partial charge in [0.25, 0.3) is 0 Å². The monoisotopic (exact) mass is 226 g/mol. The Morgan fingerprint density at radius 3 is 2.62 bits per heavy atom. The Balaban J connectivity index is 2.55. The van der Waals surface area contributed by atoms with Crippen molar-refractivity contribution in [2.24, 2.45) is 0 Å². The van der Waals surface area contributed by atoms with Gasteiger partial charge in [-0.05, 0) is 13.5 Å². The van der Waals surface area contributed by atoms with Crippen LogP contribution in [0.5, 0.6) is 0 Å². The molecule has 1 aliphatic rings. The van der Waals surface area contributed by atoms with E-state index in [0.717, 1.165) is 25.1 Å². The van der Waals surface area contributed by atoms with Crippen LogP contribution in [-0.4, -0.2) is 59.5 Å². The maximum Gasteiger partial charge on any atom is 0.328 e. The number of carbonyl (C=O) groups excluding carboxylic acids is 1. The number of aliphatic carboxylic acids is 1. The first-order chi connectivity index (χ1) is 7.54. The van der Waals surface area contributed by atoms with E-state index in [0.29, 0.717) is 19.1 Å². The third kappa shape index (κ3) is 3.34. The quantitative estimate of drug-likeness (QED) is 0.697. The van der Waals surface area contributed by atoms with Crippen molar-refractivity contribution in [1.29, 1.82) is 0 Å². The van der Waals surface area contributed by atoms with Gasteiger partial charge in [-0.2, -0.15) is 0 Å². The fourth-order valence-electron chi connectivity index (χ4n) is 1.84. The zero-order valence-electron chi connectivity index (χ0n) is 9.72. The molecule has 0 spiro atoms. The molecule has 1 atom stereocenters. The van der Waals surface area contributed by atoms with Gasteiger partial charge < -0.3 is 10.0 Å². The molecule has 0 aromatic heterocycles. The molecule has 1 heterocycles. The average Bonchev–Trinajstić information content (AvgIpc) is 2.26. The van der Waals surface area contributed by atoms with Crippen LogP contribution in [0.4, 0.5) is 0 Å². The highest BCUT2D eigenvalue weighted by Gasteiger charge is 2.24. The zero-order valence-corrected chi connectivity index (χ0v) is 9.72. The summed E-state index contributed by atoms with van der Waals surface area (Å²) in [7, 11) is 2.04. The lowest BCUT2D eigenvalue weighted by Crippen LogP contribution is -2.52. The Labute approximate surface area is 95.3 Å². The lowest BCUT2D eigenvalue weighted by molar-refractivity contribution is -0.133. The number of carboxylic acids is 1. The first-order valence-electron chi connectivity index (χ1n) is 5.44. The summed E-state index contributed by atoms with van der Waals surface area (Å²) in [4.78, 5) is 25.9. The zero-order chi connectivity index (χ0) is 12.1. The highest BCUT2D eigenvalue weighted by molar-refractivity contribution is 5.93.